The number of non-ortho nitro benzene ring substituents is 2. The molecular formula is C26H30N4O11S2. The maximum Gasteiger partial charge on any atom is 0.410 e. The molecule has 2 fully saturated rings. The molecule has 0 aromatic heterocycles. The molecule has 15 nitrogen and oxygen atoms in total. The summed E-state index contributed by atoms with van der Waals surface area (Å²) in [5.74, 6) is 0.374. The number of benzene rings is 2. The van der Waals surface area contributed by atoms with E-state index in [0.29, 0.717) is 36.5 Å². The number of nitro benzene ring substituents is 2. The number of ether oxygens (including phenoxy) is 2. The minimum Gasteiger partial charge on any atom is -0.480 e. The van der Waals surface area contributed by atoms with E-state index in [-0.39, 0.29) is 43.0 Å². The van der Waals surface area contributed by atoms with Crippen LogP contribution in [0.4, 0.5) is 21.0 Å². The minimum absolute atomic E-state index is 0.00363. The predicted molar refractivity (Wildman–Crippen MR) is 157 cm³/mol. The number of carbonyl (C=O) groups excluding carboxylic acids is 2. The molecule has 0 saturated carbocycles. The smallest absolute Gasteiger partial charge is 0.410 e. The molecule has 2 aromatic rings. The van der Waals surface area contributed by atoms with E-state index < -0.39 is 33.3 Å². The van der Waals surface area contributed by atoms with E-state index in [4.69, 9.17) is 19.7 Å². The van der Waals surface area contributed by atoms with E-state index in [2.05, 4.69) is 0 Å². The molecule has 4 rings (SSSR count). The van der Waals surface area contributed by atoms with Gasteiger partial charge in [0.2, 0.25) is 0 Å². The number of rotatable bonds is 8. The Kier molecular flexibility index (Phi) is 12.8. The van der Waals surface area contributed by atoms with Crippen LogP contribution in [0.15, 0.2) is 48.5 Å². The Bertz CT molecular complexity index is 1280. The maximum atomic E-state index is 11.9. The second kappa shape index (κ2) is 16.5. The Morgan fingerprint density at radius 1 is 0.791 bits per heavy atom. The van der Waals surface area contributed by atoms with Crippen LogP contribution in [0.2, 0.25) is 0 Å². The second-order valence-electron chi connectivity index (χ2n) is 9.22. The van der Waals surface area contributed by atoms with E-state index in [9.17, 15) is 34.6 Å². The number of carboxylic acids is 1. The third-order valence-corrected chi connectivity index (χ3v) is 8.58. The molecule has 2 amide bonds. The van der Waals surface area contributed by atoms with Gasteiger partial charge in [0.1, 0.15) is 18.5 Å². The topological polar surface area (TPSA) is 203 Å². The Morgan fingerprint density at radius 3 is 1.65 bits per heavy atom. The van der Waals surface area contributed by atoms with Crippen LogP contribution in [-0.2, 0) is 27.5 Å². The summed E-state index contributed by atoms with van der Waals surface area (Å²) in [6, 6.07) is 11.6. The van der Waals surface area contributed by atoms with Crippen molar-refractivity contribution in [2.24, 2.45) is 0 Å². The van der Waals surface area contributed by atoms with Crippen LogP contribution in [0.1, 0.15) is 11.1 Å². The Balaban J connectivity index is 0.000000236. The van der Waals surface area contributed by atoms with Crippen LogP contribution in [0, 0.1) is 20.2 Å². The summed E-state index contributed by atoms with van der Waals surface area (Å²) < 4.78 is 10.3. The fourth-order valence-electron chi connectivity index (χ4n) is 3.86. The Hall–Kier alpha value is -4.09. The fourth-order valence-corrected chi connectivity index (χ4v) is 5.95. The summed E-state index contributed by atoms with van der Waals surface area (Å²) in [5, 5.41) is 38.5. The molecule has 2 aromatic carbocycles. The van der Waals surface area contributed by atoms with E-state index >= 15 is 0 Å². The number of aliphatic carboxylic acids is 1. The van der Waals surface area contributed by atoms with Gasteiger partial charge < -0.3 is 29.5 Å². The number of carbonyl (C=O) groups is 3. The SMILES string of the molecule is O=C(O)C1CN(C(=O)OCc2ccc([N+](=O)[O-])cc2)CCS1.O=C(OCc1ccc([N+](=O)[O-])cc1)N1CCSC(CO)C1. The minimum atomic E-state index is -0.946. The Morgan fingerprint density at radius 2 is 1.23 bits per heavy atom. The van der Waals surface area contributed by atoms with Crippen molar-refractivity contribution in [1.29, 1.82) is 0 Å². The van der Waals surface area contributed by atoms with Gasteiger partial charge in [-0.1, -0.05) is 0 Å². The van der Waals surface area contributed by atoms with Crippen molar-refractivity contribution in [2.45, 2.75) is 23.7 Å². The quantitative estimate of drug-likeness (QED) is 0.315. The van der Waals surface area contributed by atoms with Gasteiger partial charge in [0, 0.05) is 67.2 Å². The third-order valence-electron chi connectivity index (χ3n) is 6.22. The molecular weight excluding hydrogens is 608 g/mol. The second-order valence-corrected chi connectivity index (χ2v) is 11.9. The highest BCUT2D eigenvalue weighted by Gasteiger charge is 2.29. The molecule has 2 unspecified atom stereocenters. The number of hydrogen-bond donors (Lipinski definition) is 2. The summed E-state index contributed by atoms with van der Waals surface area (Å²) >= 11 is 2.94. The number of nitro groups is 2. The first-order valence-electron chi connectivity index (χ1n) is 12.9. The monoisotopic (exact) mass is 638 g/mol. The van der Waals surface area contributed by atoms with E-state index in [1.54, 1.807) is 28.8 Å². The van der Waals surface area contributed by atoms with Crippen molar-refractivity contribution in [3.63, 3.8) is 0 Å². The number of carboxylic acid groups (broad SMARTS) is 1. The van der Waals surface area contributed by atoms with Crippen LogP contribution < -0.4 is 0 Å². The molecule has 0 aliphatic carbocycles. The maximum absolute atomic E-state index is 11.9. The van der Waals surface area contributed by atoms with Crippen LogP contribution in [0.3, 0.4) is 0 Å². The molecule has 2 aliphatic rings. The van der Waals surface area contributed by atoms with Crippen molar-refractivity contribution in [2.75, 3.05) is 44.3 Å². The lowest BCUT2D eigenvalue weighted by Gasteiger charge is -2.30. The van der Waals surface area contributed by atoms with Gasteiger partial charge in [-0.25, -0.2) is 9.59 Å². The van der Waals surface area contributed by atoms with Gasteiger partial charge in [-0.2, -0.15) is 11.8 Å². The third kappa shape index (κ3) is 10.6. The zero-order chi connectivity index (χ0) is 31.4. The molecule has 2 atom stereocenters. The number of hydrogen-bond acceptors (Lipinski definition) is 12. The number of aliphatic hydroxyl groups is 1. The lowest BCUT2D eigenvalue weighted by Crippen LogP contribution is -2.44. The standard InChI is InChI=1S/C13H14N2O6S.C13H16N2O5S/c16-12(17)11-7-14(5-6-22-11)13(18)21-8-9-1-3-10(4-2-9)15(19)20;16-8-12-7-14(5-6-21-12)13(17)20-9-10-1-3-11(4-2-10)15(18)19/h1-4,11H,5-8H2,(H,16,17);1-4,12,16H,5-9H2. The van der Waals surface area contributed by atoms with Crippen LogP contribution in [0.25, 0.3) is 0 Å². The van der Waals surface area contributed by atoms with Crippen molar-refractivity contribution in [3.8, 4) is 0 Å². The van der Waals surface area contributed by atoms with Gasteiger partial charge in [0.25, 0.3) is 11.4 Å². The summed E-state index contributed by atoms with van der Waals surface area (Å²) in [5.41, 5.74) is 1.29. The van der Waals surface area contributed by atoms with Gasteiger partial charge in [-0.05, 0) is 35.4 Å². The van der Waals surface area contributed by atoms with Crippen molar-refractivity contribution in [3.05, 3.63) is 79.9 Å². The number of amides is 2. The lowest BCUT2D eigenvalue weighted by atomic mass is 10.2. The predicted octanol–water partition coefficient (Wildman–Crippen LogP) is 3.37. The zero-order valence-electron chi connectivity index (χ0n) is 22.8. The molecule has 0 radical (unpaired) electrons. The molecule has 2 aliphatic heterocycles. The first kappa shape index (κ1) is 33.4. The van der Waals surface area contributed by atoms with Crippen LogP contribution in [-0.4, -0.2) is 103 Å². The molecule has 0 spiro atoms. The molecule has 2 heterocycles. The number of thioether (sulfide) groups is 2. The first-order chi connectivity index (χ1) is 20.6. The zero-order valence-corrected chi connectivity index (χ0v) is 24.4. The largest absolute Gasteiger partial charge is 0.480 e. The van der Waals surface area contributed by atoms with Gasteiger partial charge in [0.05, 0.1) is 16.5 Å². The molecule has 17 heteroatoms. The van der Waals surface area contributed by atoms with Crippen molar-refractivity contribution in [1.82, 2.24) is 9.80 Å². The average molecular weight is 639 g/mol. The highest BCUT2D eigenvalue weighted by atomic mass is 32.2. The van der Waals surface area contributed by atoms with Crippen LogP contribution >= 0.6 is 23.5 Å². The van der Waals surface area contributed by atoms with E-state index in [0.717, 1.165) is 5.75 Å². The normalized spacial score (nSPS) is 18.1. The highest BCUT2D eigenvalue weighted by molar-refractivity contribution is 8.00. The Labute approximate surface area is 254 Å². The summed E-state index contributed by atoms with van der Waals surface area (Å²) in [4.78, 5) is 57.8. The summed E-state index contributed by atoms with van der Waals surface area (Å²) in [6.07, 6.45) is -1.00. The molecule has 2 N–H and O–H groups in total. The van der Waals surface area contributed by atoms with Gasteiger partial charge in [-0.3, -0.25) is 25.0 Å². The van der Waals surface area contributed by atoms with E-state index in [1.165, 1.54) is 53.1 Å². The van der Waals surface area contributed by atoms with Gasteiger partial charge in [0.15, 0.2) is 0 Å². The van der Waals surface area contributed by atoms with E-state index in [1.807, 2.05) is 0 Å². The molecule has 2 saturated heterocycles. The first-order valence-corrected chi connectivity index (χ1v) is 15.0. The highest BCUT2D eigenvalue weighted by Crippen LogP contribution is 2.21. The van der Waals surface area contributed by atoms with Crippen molar-refractivity contribution < 1.29 is 43.9 Å². The summed E-state index contributed by atoms with van der Waals surface area (Å²) in [6.45, 7) is 1.71. The van der Waals surface area contributed by atoms with Crippen LogP contribution in [0.5, 0.6) is 0 Å². The molecule has 43 heavy (non-hydrogen) atoms. The van der Waals surface area contributed by atoms with Gasteiger partial charge in [-0.15, -0.1) is 11.8 Å². The average Bonchev–Trinajstić information content (AvgIpc) is 3.03. The number of aliphatic hydroxyl groups excluding tert-OH is 1. The van der Waals surface area contributed by atoms with Gasteiger partial charge >= 0.3 is 18.2 Å². The number of nitrogens with zero attached hydrogens (tertiary/aromatic N) is 4. The molecule has 0 bridgehead atoms. The molecule has 232 valence electrons. The lowest BCUT2D eigenvalue weighted by molar-refractivity contribution is -0.385. The van der Waals surface area contributed by atoms with Crippen molar-refractivity contribution >= 4 is 53.1 Å². The fraction of sp³-hybridized carbons (Fsp3) is 0.423. The summed E-state index contributed by atoms with van der Waals surface area (Å²) in [7, 11) is 0.